The van der Waals surface area contributed by atoms with Crippen molar-refractivity contribution in [3.8, 4) is 5.75 Å². The lowest BCUT2D eigenvalue weighted by atomic mass is 10.2. The third-order valence-corrected chi connectivity index (χ3v) is 4.50. The molecule has 0 bridgehead atoms. The summed E-state index contributed by atoms with van der Waals surface area (Å²) in [6.45, 7) is 0. The van der Waals surface area contributed by atoms with Gasteiger partial charge in [0.1, 0.15) is 13.3 Å². The molecular weight excluding hydrogens is 203 g/mol. The Morgan fingerprint density at radius 1 is 1.46 bits per heavy atom. The third kappa shape index (κ3) is 2.29. The number of nitrogens with zero attached hydrogens (tertiary/aromatic N) is 2. The van der Waals surface area contributed by atoms with E-state index in [9.17, 15) is 0 Å². The molecule has 0 amide bonds. The van der Waals surface area contributed by atoms with E-state index in [1.54, 1.807) is 12.1 Å². The summed E-state index contributed by atoms with van der Waals surface area (Å²) in [6, 6.07) is 7.00. The van der Waals surface area contributed by atoms with E-state index < -0.39 is 0 Å². The van der Waals surface area contributed by atoms with E-state index in [2.05, 4.69) is 11.4 Å². The fraction of sp³-hybridized carbons (Fsp3) is 0.125. The Labute approximate surface area is 80.7 Å². The van der Waals surface area contributed by atoms with Crippen LogP contribution >= 0.6 is 7.51 Å². The molecule has 0 saturated carbocycles. The maximum Gasteiger partial charge on any atom is 0.115 e. The minimum atomic E-state index is 0.289. The van der Waals surface area contributed by atoms with Gasteiger partial charge in [0, 0.05) is 6.26 Å². The van der Waals surface area contributed by atoms with Gasteiger partial charge in [0.25, 0.3) is 0 Å². The van der Waals surface area contributed by atoms with Gasteiger partial charge in [-0.3, -0.25) is 0 Å². The van der Waals surface area contributed by atoms with Crippen LogP contribution in [0.15, 0.2) is 29.4 Å². The van der Waals surface area contributed by atoms with Crippen molar-refractivity contribution in [3.05, 3.63) is 29.8 Å². The minimum absolute atomic E-state index is 0.289. The molecule has 1 aliphatic heterocycles. The van der Waals surface area contributed by atoms with Crippen molar-refractivity contribution in [2.75, 3.05) is 6.26 Å². The van der Waals surface area contributed by atoms with Crippen molar-refractivity contribution in [2.45, 2.75) is 0 Å². The summed E-state index contributed by atoms with van der Waals surface area (Å²) in [5.41, 5.74) is 1.01. The summed E-state index contributed by atoms with van der Waals surface area (Å²) in [4.78, 5) is 0. The predicted octanol–water partition coefficient (Wildman–Crippen LogP) is 1.98. The molecule has 3 nitrogen and oxygen atoms in total. The van der Waals surface area contributed by atoms with Crippen molar-refractivity contribution in [1.82, 2.24) is 4.18 Å². The fourth-order valence-corrected chi connectivity index (χ4v) is 2.67. The molecule has 0 aromatic heterocycles. The van der Waals surface area contributed by atoms with Crippen LogP contribution in [0.2, 0.25) is 0 Å². The van der Waals surface area contributed by atoms with Crippen LogP contribution in [0, 0.1) is 0 Å². The Balaban J connectivity index is 2.02. The lowest BCUT2D eigenvalue weighted by Crippen LogP contribution is -1.89. The van der Waals surface area contributed by atoms with Crippen molar-refractivity contribution in [2.24, 2.45) is 5.10 Å². The van der Waals surface area contributed by atoms with E-state index in [4.69, 9.17) is 5.11 Å². The zero-order chi connectivity index (χ0) is 9.26. The van der Waals surface area contributed by atoms with Crippen LogP contribution < -0.4 is 0 Å². The average molecular weight is 212 g/mol. The number of aromatic hydroxyl groups is 1. The topological polar surface area (TPSA) is 35.6 Å². The normalized spacial score (nSPS) is 21.6. The first-order valence-corrected chi connectivity index (χ1v) is 6.81. The minimum Gasteiger partial charge on any atom is -0.508 e. The number of phenolic OH excluding ortho intramolecular Hbond substituents is 1. The van der Waals surface area contributed by atoms with E-state index in [1.165, 1.54) is 7.51 Å². The summed E-state index contributed by atoms with van der Waals surface area (Å²) < 4.78 is 2.01. The molecule has 1 unspecified atom stereocenters. The Morgan fingerprint density at radius 3 is 2.62 bits per heavy atom. The second-order valence-electron chi connectivity index (χ2n) is 2.62. The smallest absolute Gasteiger partial charge is 0.115 e. The lowest BCUT2D eigenvalue weighted by Gasteiger charge is -1.94. The molecule has 0 aliphatic carbocycles. The number of phenols is 1. The quantitative estimate of drug-likeness (QED) is 0.601. The van der Waals surface area contributed by atoms with Crippen LogP contribution in [0.5, 0.6) is 5.75 Å². The van der Waals surface area contributed by atoms with Gasteiger partial charge in [0.05, 0.1) is 6.21 Å². The molecule has 13 heavy (non-hydrogen) atoms. The molecule has 0 spiro atoms. The molecule has 2 rings (SSSR count). The van der Waals surface area contributed by atoms with Crippen LogP contribution in [0.25, 0.3) is 0 Å². The van der Waals surface area contributed by atoms with Gasteiger partial charge in [-0.15, -0.1) is 0 Å². The number of benzene rings is 1. The van der Waals surface area contributed by atoms with Gasteiger partial charge >= 0.3 is 0 Å². The van der Waals surface area contributed by atoms with Crippen LogP contribution in [-0.4, -0.2) is 21.8 Å². The Bertz CT molecular complexity index is 374. The summed E-state index contributed by atoms with van der Waals surface area (Å²) >= 11 is 0. The summed E-state index contributed by atoms with van der Waals surface area (Å²) in [6.07, 6.45) is 3.96. The monoisotopic (exact) mass is 212 g/mol. The highest BCUT2D eigenvalue weighted by atomic mass is 32.6. The Kier molecular flexibility index (Phi) is 2.34. The molecular formula is C8H9N2OPS. The molecule has 0 fully saturated rings. The van der Waals surface area contributed by atoms with Crippen molar-refractivity contribution < 1.29 is 5.11 Å². The maximum atomic E-state index is 9.03. The van der Waals surface area contributed by atoms with Crippen molar-refractivity contribution in [1.29, 1.82) is 0 Å². The number of rotatable bonds is 2. The van der Waals surface area contributed by atoms with Crippen molar-refractivity contribution >= 4 is 24.0 Å². The third-order valence-electron chi connectivity index (χ3n) is 1.60. The first kappa shape index (κ1) is 8.73. The van der Waals surface area contributed by atoms with Gasteiger partial charge in [0.15, 0.2) is 0 Å². The zero-order valence-corrected chi connectivity index (χ0v) is 8.79. The van der Waals surface area contributed by atoms with Crippen LogP contribution in [0.3, 0.4) is 0 Å². The van der Waals surface area contributed by atoms with Crippen LogP contribution in [0.4, 0.5) is 0 Å². The zero-order valence-electron chi connectivity index (χ0n) is 7.08. The highest BCUT2D eigenvalue weighted by molar-refractivity contribution is 8.31. The summed E-state index contributed by atoms with van der Waals surface area (Å²) in [5, 5.41) is 13.3. The first-order chi connectivity index (χ1) is 6.25. The van der Waals surface area contributed by atoms with Crippen molar-refractivity contribution in [3.63, 3.8) is 0 Å². The molecule has 0 saturated heterocycles. The van der Waals surface area contributed by atoms with Gasteiger partial charge in [-0.05, 0) is 40.1 Å². The Hall–Kier alpha value is -0.860. The highest BCUT2D eigenvalue weighted by Crippen LogP contribution is 2.32. The number of hydrazone groups is 1. The highest BCUT2D eigenvalue weighted by Gasteiger charge is 2.12. The van der Waals surface area contributed by atoms with Gasteiger partial charge in [0.2, 0.25) is 0 Å². The standard InChI is InChI=1S/C8H9N2OPS/c1-13-10(12-13)9-6-7-2-4-8(11)5-3-7/h2-6,11H,1H3. The second-order valence-corrected chi connectivity index (χ2v) is 6.74. The number of hydrogen-bond donors (Lipinski definition) is 1. The molecule has 1 aliphatic rings. The molecule has 1 heterocycles. The second kappa shape index (κ2) is 3.48. The molecule has 1 N–H and O–H groups in total. The molecule has 68 valence electrons. The molecule has 5 heteroatoms. The fourth-order valence-electron chi connectivity index (χ4n) is 0.852. The van der Waals surface area contributed by atoms with Gasteiger partial charge in [-0.25, -0.2) is 0 Å². The van der Waals surface area contributed by atoms with E-state index in [0.29, 0.717) is 10.3 Å². The maximum absolute atomic E-state index is 9.03. The summed E-state index contributed by atoms with van der Waals surface area (Å²) in [5.74, 6) is 0.289. The molecule has 0 radical (unpaired) electrons. The van der Waals surface area contributed by atoms with Gasteiger partial charge in [-0.1, -0.05) is 0 Å². The summed E-state index contributed by atoms with van der Waals surface area (Å²) in [7, 11) is 1.63. The van der Waals surface area contributed by atoms with E-state index in [0.717, 1.165) is 5.56 Å². The lowest BCUT2D eigenvalue weighted by molar-refractivity contribution is 0.475. The predicted molar refractivity (Wildman–Crippen MR) is 57.7 cm³/mol. The van der Waals surface area contributed by atoms with E-state index in [-0.39, 0.29) is 5.75 Å². The van der Waals surface area contributed by atoms with Gasteiger partial charge < -0.3 is 5.11 Å². The van der Waals surface area contributed by atoms with E-state index >= 15 is 0 Å². The first-order valence-electron chi connectivity index (χ1n) is 3.77. The van der Waals surface area contributed by atoms with Crippen LogP contribution in [-0.2, 0) is 10.3 Å². The van der Waals surface area contributed by atoms with E-state index in [1.807, 2.05) is 22.5 Å². The van der Waals surface area contributed by atoms with Crippen LogP contribution in [0.1, 0.15) is 5.56 Å². The molecule has 1 atom stereocenters. The molecule has 1 aromatic rings. The largest absolute Gasteiger partial charge is 0.508 e. The van der Waals surface area contributed by atoms with Gasteiger partial charge in [-0.2, -0.15) is 9.29 Å². The Morgan fingerprint density at radius 2 is 2.08 bits per heavy atom. The average Bonchev–Trinajstić information content (AvgIpc) is 2.81. The molecule has 1 aromatic carbocycles. The SMILES string of the molecule is CS1=PN1N=Cc1ccc(O)cc1. The number of hydrogen-bond acceptors (Lipinski definition) is 3.